The first-order chi connectivity index (χ1) is 16.3. The number of hydrogen-bond acceptors (Lipinski definition) is 4. The number of alkyl carbamates (subject to hydrolysis) is 1. The zero-order valence-corrected chi connectivity index (χ0v) is 19.7. The van der Waals surface area contributed by atoms with Crippen LogP contribution in [0.5, 0.6) is 0 Å². The fourth-order valence-corrected chi connectivity index (χ4v) is 5.14. The van der Waals surface area contributed by atoms with Crippen molar-refractivity contribution in [2.24, 2.45) is 11.8 Å². The molecule has 1 fully saturated rings. The van der Waals surface area contributed by atoms with Gasteiger partial charge >= 0.3 is 12.1 Å². The molecule has 2 amide bonds. The molecule has 34 heavy (non-hydrogen) atoms. The average Bonchev–Trinajstić information content (AvgIpc) is 3.33. The first kappa shape index (κ1) is 23.8. The molecule has 180 valence electrons. The Morgan fingerprint density at radius 2 is 1.68 bits per heavy atom. The van der Waals surface area contributed by atoms with Crippen LogP contribution in [-0.2, 0) is 14.3 Å². The number of carbonyl (C=O) groups is 3. The number of carbonyl (C=O) groups excluding carboxylic acids is 2. The van der Waals surface area contributed by atoms with E-state index in [1.54, 1.807) is 4.90 Å². The Hall–Kier alpha value is -3.35. The maximum Gasteiger partial charge on any atom is 0.407 e. The number of amides is 2. The number of carboxylic acid groups (broad SMARTS) is 1. The van der Waals surface area contributed by atoms with E-state index >= 15 is 0 Å². The lowest BCUT2D eigenvalue weighted by molar-refractivity contribution is -0.138. The molecule has 2 N–H and O–H groups in total. The number of aliphatic carboxylic acids is 1. The second-order valence-electron chi connectivity index (χ2n) is 9.54. The molecule has 3 unspecified atom stereocenters. The quantitative estimate of drug-likeness (QED) is 0.609. The molecule has 3 atom stereocenters. The minimum atomic E-state index is -0.827. The molecule has 4 rings (SSSR count). The van der Waals surface area contributed by atoms with E-state index in [2.05, 4.69) is 29.6 Å². The third-order valence-electron chi connectivity index (χ3n) is 7.06. The summed E-state index contributed by atoms with van der Waals surface area (Å²) in [6.45, 7) is 5.17. The molecule has 1 aliphatic heterocycles. The van der Waals surface area contributed by atoms with Crippen LogP contribution in [0.1, 0.15) is 50.2 Å². The predicted molar refractivity (Wildman–Crippen MR) is 128 cm³/mol. The van der Waals surface area contributed by atoms with Gasteiger partial charge in [-0.2, -0.15) is 0 Å². The Morgan fingerprint density at radius 3 is 2.29 bits per heavy atom. The van der Waals surface area contributed by atoms with Crippen molar-refractivity contribution in [2.45, 2.75) is 45.1 Å². The minimum Gasteiger partial charge on any atom is -0.481 e. The molecule has 2 aromatic rings. The molecule has 1 aliphatic carbocycles. The number of hydrogen-bond donors (Lipinski definition) is 2. The van der Waals surface area contributed by atoms with Gasteiger partial charge in [-0.1, -0.05) is 55.5 Å². The maximum absolute atomic E-state index is 12.6. The first-order valence-corrected chi connectivity index (χ1v) is 11.9. The normalized spacial score (nSPS) is 19.9. The molecule has 7 nitrogen and oxygen atoms in total. The number of likely N-dealkylation sites (tertiary alicyclic amines) is 1. The van der Waals surface area contributed by atoms with Gasteiger partial charge in [-0.15, -0.1) is 0 Å². The average molecular weight is 465 g/mol. The number of benzene rings is 2. The van der Waals surface area contributed by atoms with Crippen molar-refractivity contribution in [2.75, 3.05) is 19.7 Å². The van der Waals surface area contributed by atoms with E-state index in [4.69, 9.17) is 9.84 Å². The van der Waals surface area contributed by atoms with Crippen LogP contribution in [-0.4, -0.2) is 53.7 Å². The summed E-state index contributed by atoms with van der Waals surface area (Å²) in [4.78, 5) is 37.8. The topological polar surface area (TPSA) is 95.9 Å². The summed E-state index contributed by atoms with van der Waals surface area (Å²) < 4.78 is 5.58. The van der Waals surface area contributed by atoms with Crippen LogP contribution in [0.3, 0.4) is 0 Å². The lowest BCUT2D eigenvalue weighted by Gasteiger charge is -2.19. The summed E-state index contributed by atoms with van der Waals surface area (Å²) in [6, 6.07) is 16.2. The van der Waals surface area contributed by atoms with E-state index in [1.807, 2.05) is 38.1 Å². The SMILES string of the molecule is CC(CCC(=O)N1CC(C)C(CC(=O)O)C1)NC(=O)OCC1c2ccccc2-c2ccccc21. The maximum atomic E-state index is 12.6. The van der Waals surface area contributed by atoms with Gasteiger partial charge in [0.05, 0.1) is 6.42 Å². The van der Waals surface area contributed by atoms with Crippen molar-refractivity contribution < 1.29 is 24.2 Å². The van der Waals surface area contributed by atoms with Gasteiger partial charge in [-0.3, -0.25) is 9.59 Å². The van der Waals surface area contributed by atoms with Crippen LogP contribution in [0.15, 0.2) is 48.5 Å². The molecule has 1 saturated heterocycles. The summed E-state index contributed by atoms with van der Waals surface area (Å²) in [7, 11) is 0. The van der Waals surface area contributed by atoms with E-state index in [-0.39, 0.29) is 42.7 Å². The summed E-state index contributed by atoms with van der Waals surface area (Å²) in [5, 5.41) is 11.9. The molecule has 0 bridgehead atoms. The highest BCUT2D eigenvalue weighted by Crippen LogP contribution is 2.44. The second-order valence-corrected chi connectivity index (χ2v) is 9.54. The third kappa shape index (κ3) is 5.24. The lowest BCUT2D eigenvalue weighted by atomic mass is 9.95. The fraction of sp³-hybridized carbons (Fsp3) is 0.444. The highest BCUT2D eigenvalue weighted by atomic mass is 16.5. The van der Waals surface area contributed by atoms with Crippen LogP contribution >= 0.6 is 0 Å². The van der Waals surface area contributed by atoms with Crippen LogP contribution in [0.4, 0.5) is 4.79 Å². The summed E-state index contributed by atoms with van der Waals surface area (Å²) in [5.41, 5.74) is 4.69. The van der Waals surface area contributed by atoms with Gasteiger partial charge in [-0.05, 0) is 47.4 Å². The molecule has 7 heteroatoms. The minimum absolute atomic E-state index is 0.000857. The van der Waals surface area contributed by atoms with E-state index in [9.17, 15) is 14.4 Å². The summed E-state index contributed by atoms with van der Waals surface area (Å²) in [5.74, 6) is -0.645. The van der Waals surface area contributed by atoms with E-state index in [1.165, 1.54) is 11.1 Å². The molecular formula is C27H32N2O5. The molecule has 0 saturated carbocycles. The number of fused-ring (bicyclic) bond motifs is 3. The molecule has 2 aliphatic rings. The van der Waals surface area contributed by atoms with Gasteiger partial charge in [0.25, 0.3) is 0 Å². The van der Waals surface area contributed by atoms with Gasteiger partial charge in [-0.25, -0.2) is 4.79 Å². The lowest BCUT2D eigenvalue weighted by Crippen LogP contribution is -2.36. The molecule has 2 aromatic carbocycles. The van der Waals surface area contributed by atoms with Crippen molar-refractivity contribution in [3.8, 4) is 11.1 Å². The number of nitrogens with one attached hydrogen (secondary N) is 1. The van der Waals surface area contributed by atoms with Crippen LogP contribution in [0, 0.1) is 11.8 Å². The van der Waals surface area contributed by atoms with Gasteiger partial charge < -0.3 is 20.1 Å². The Bertz CT molecular complexity index is 1020. The Morgan fingerprint density at radius 1 is 1.06 bits per heavy atom. The first-order valence-electron chi connectivity index (χ1n) is 11.9. The van der Waals surface area contributed by atoms with E-state index < -0.39 is 12.1 Å². The third-order valence-corrected chi connectivity index (χ3v) is 7.06. The second kappa shape index (κ2) is 10.3. The van der Waals surface area contributed by atoms with Crippen molar-refractivity contribution >= 4 is 18.0 Å². The standard InChI is InChI=1S/C27H32N2O5/c1-17-14-29(15-19(17)13-26(31)32)25(30)12-11-18(2)28-27(33)34-16-24-22-9-5-3-7-20(22)21-8-4-6-10-23(21)24/h3-10,17-19,24H,11-16H2,1-2H3,(H,28,33)(H,31,32). The molecule has 0 spiro atoms. The monoisotopic (exact) mass is 464 g/mol. The summed E-state index contributed by atoms with van der Waals surface area (Å²) >= 11 is 0. The number of nitrogens with zero attached hydrogens (tertiary/aromatic N) is 1. The van der Waals surface area contributed by atoms with Gasteiger partial charge in [0.1, 0.15) is 6.61 Å². The van der Waals surface area contributed by atoms with Gasteiger partial charge in [0, 0.05) is 31.5 Å². The van der Waals surface area contributed by atoms with Gasteiger partial charge in [0.15, 0.2) is 0 Å². The smallest absolute Gasteiger partial charge is 0.407 e. The number of rotatable bonds is 8. The fourth-order valence-electron chi connectivity index (χ4n) is 5.14. The van der Waals surface area contributed by atoms with Crippen LogP contribution in [0.25, 0.3) is 11.1 Å². The zero-order chi connectivity index (χ0) is 24.2. The molecule has 0 radical (unpaired) electrons. The molecule has 0 aromatic heterocycles. The largest absolute Gasteiger partial charge is 0.481 e. The number of carboxylic acids is 1. The Balaban J connectivity index is 1.24. The number of ether oxygens (including phenoxy) is 1. The van der Waals surface area contributed by atoms with Crippen LogP contribution in [0.2, 0.25) is 0 Å². The molecule has 1 heterocycles. The molecular weight excluding hydrogens is 432 g/mol. The van der Waals surface area contributed by atoms with Crippen molar-refractivity contribution in [1.29, 1.82) is 0 Å². The zero-order valence-electron chi connectivity index (χ0n) is 19.7. The van der Waals surface area contributed by atoms with Crippen LogP contribution < -0.4 is 5.32 Å². The van der Waals surface area contributed by atoms with E-state index in [0.717, 1.165) is 11.1 Å². The van der Waals surface area contributed by atoms with Crippen molar-refractivity contribution in [3.05, 3.63) is 59.7 Å². The predicted octanol–water partition coefficient (Wildman–Crippen LogP) is 4.26. The van der Waals surface area contributed by atoms with Crippen molar-refractivity contribution in [1.82, 2.24) is 10.2 Å². The highest BCUT2D eigenvalue weighted by Gasteiger charge is 2.33. The summed E-state index contributed by atoms with van der Waals surface area (Å²) in [6.07, 6.45) is 0.401. The Labute approximate surface area is 200 Å². The highest BCUT2D eigenvalue weighted by molar-refractivity contribution is 5.79. The van der Waals surface area contributed by atoms with E-state index in [0.29, 0.717) is 25.9 Å². The van der Waals surface area contributed by atoms with Gasteiger partial charge in [0.2, 0.25) is 5.91 Å². The van der Waals surface area contributed by atoms with Crippen molar-refractivity contribution in [3.63, 3.8) is 0 Å². The Kier molecular flexibility index (Phi) is 7.20.